The molecule has 0 aliphatic carbocycles. The molecule has 0 amide bonds. The van der Waals surface area contributed by atoms with Gasteiger partial charge in [-0.05, 0) is 36.8 Å². The summed E-state index contributed by atoms with van der Waals surface area (Å²) in [6.45, 7) is 2.06. The minimum absolute atomic E-state index is 0.709. The number of thiophene rings is 1. The van der Waals surface area contributed by atoms with E-state index in [4.69, 9.17) is 10.2 Å². The molecule has 3 nitrogen and oxygen atoms in total. The van der Waals surface area contributed by atoms with E-state index in [2.05, 4.69) is 41.7 Å². The first-order valence-corrected chi connectivity index (χ1v) is 8.12. The van der Waals surface area contributed by atoms with Crippen LogP contribution in [0.5, 0.6) is 0 Å². The molecule has 0 unspecified atom stereocenters. The number of nitriles is 1. The SMILES string of the molecule is Cc1ccn2c(-c3ccc(C#N)s3)c(-c3ccccc3)nc2c1. The van der Waals surface area contributed by atoms with Crippen LogP contribution in [0.15, 0.2) is 60.8 Å². The van der Waals surface area contributed by atoms with Crippen molar-refractivity contribution in [3.63, 3.8) is 0 Å². The number of imidazole rings is 1. The molecular weight excluding hydrogens is 302 g/mol. The highest BCUT2D eigenvalue weighted by Crippen LogP contribution is 2.36. The number of fused-ring (bicyclic) bond motifs is 1. The van der Waals surface area contributed by atoms with E-state index in [1.165, 1.54) is 16.9 Å². The quantitative estimate of drug-likeness (QED) is 0.527. The summed E-state index contributed by atoms with van der Waals surface area (Å²) in [6.07, 6.45) is 2.05. The largest absolute Gasteiger partial charge is 0.298 e. The van der Waals surface area contributed by atoms with E-state index in [0.717, 1.165) is 27.5 Å². The molecular formula is C19H13N3S. The van der Waals surface area contributed by atoms with Crippen LogP contribution < -0.4 is 0 Å². The molecule has 0 radical (unpaired) electrons. The molecule has 0 aliphatic heterocycles. The molecule has 0 fully saturated rings. The summed E-state index contributed by atoms with van der Waals surface area (Å²) in [5.74, 6) is 0. The van der Waals surface area contributed by atoms with E-state index in [9.17, 15) is 0 Å². The van der Waals surface area contributed by atoms with E-state index in [1.807, 2.05) is 36.5 Å². The van der Waals surface area contributed by atoms with Crippen LogP contribution in [0.1, 0.15) is 10.4 Å². The Morgan fingerprint density at radius 2 is 1.91 bits per heavy atom. The summed E-state index contributed by atoms with van der Waals surface area (Å²) >= 11 is 1.50. The number of rotatable bonds is 2. The van der Waals surface area contributed by atoms with Crippen molar-refractivity contribution in [3.8, 4) is 27.9 Å². The number of nitrogens with zero attached hydrogens (tertiary/aromatic N) is 3. The Labute approximate surface area is 138 Å². The van der Waals surface area contributed by atoms with Crippen molar-refractivity contribution >= 4 is 17.0 Å². The number of hydrogen-bond donors (Lipinski definition) is 0. The number of pyridine rings is 1. The first-order chi connectivity index (χ1) is 11.3. The number of benzene rings is 1. The summed E-state index contributed by atoms with van der Waals surface area (Å²) < 4.78 is 2.10. The fourth-order valence-electron chi connectivity index (χ4n) is 2.70. The van der Waals surface area contributed by atoms with Crippen molar-refractivity contribution in [1.29, 1.82) is 5.26 Å². The van der Waals surface area contributed by atoms with Crippen molar-refractivity contribution in [2.75, 3.05) is 0 Å². The maximum absolute atomic E-state index is 9.12. The lowest BCUT2D eigenvalue weighted by atomic mass is 10.1. The lowest BCUT2D eigenvalue weighted by molar-refractivity contribution is 1.18. The monoisotopic (exact) mass is 315 g/mol. The second-order valence-electron chi connectivity index (χ2n) is 5.38. The highest BCUT2D eigenvalue weighted by molar-refractivity contribution is 7.16. The fourth-order valence-corrected chi connectivity index (χ4v) is 3.55. The predicted octanol–water partition coefficient (Wildman–Crippen LogP) is 4.91. The van der Waals surface area contributed by atoms with Crippen LogP contribution >= 0.6 is 11.3 Å². The van der Waals surface area contributed by atoms with Gasteiger partial charge in [0.2, 0.25) is 0 Å². The van der Waals surface area contributed by atoms with Gasteiger partial charge in [-0.2, -0.15) is 5.26 Å². The lowest BCUT2D eigenvalue weighted by Crippen LogP contribution is -1.88. The molecule has 0 aliphatic rings. The standard InChI is InChI=1S/C19H13N3S/c1-13-9-10-22-17(11-13)21-18(14-5-3-2-4-6-14)19(22)16-8-7-15(12-20)23-16/h2-11H,1H3. The molecule has 4 heteroatoms. The topological polar surface area (TPSA) is 41.1 Å². The number of aromatic nitrogens is 2. The fraction of sp³-hybridized carbons (Fsp3) is 0.0526. The molecule has 4 rings (SSSR count). The van der Waals surface area contributed by atoms with E-state index in [0.29, 0.717) is 4.88 Å². The zero-order chi connectivity index (χ0) is 15.8. The summed E-state index contributed by atoms with van der Waals surface area (Å²) in [7, 11) is 0. The molecule has 23 heavy (non-hydrogen) atoms. The van der Waals surface area contributed by atoms with Gasteiger partial charge >= 0.3 is 0 Å². The first-order valence-electron chi connectivity index (χ1n) is 7.31. The van der Waals surface area contributed by atoms with Crippen LogP contribution in [0.2, 0.25) is 0 Å². The van der Waals surface area contributed by atoms with Crippen LogP contribution in [0, 0.1) is 18.3 Å². The molecule has 3 heterocycles. The van der Waals surface area contributed by atoms with Crippen LogP contribution in [-0.4, -0.2) is 9.38 Å². The van der Waals surface area contributed by atoms with Crippen LogP contribution in [0.4, 0.5) is 0 Å². The zero-order valence-electron chi connectivity index (χ0n) is 12.5. The first kappa shape index (κ1) is 13.7. The third-order valence-corrected chi connectivity index (χ3v) is 4.78. The molecule has 0 bridgehead atoms. The second-order valence-corrected chi connectivity index (χ2v) is 6.47. The van der Waals surface area contributed by atoms with Crippen molar-refractivity contribution in [2.24, 2.45) is 0 Å². The Balaban J connectivity index is 2.05. The smallest absolute Gasteiger partial charge is 0.138 e. The van der Waals surface area contributed by atoms with Gasteiger partial charge < -0.3 is 0 Å². The zero-order valence-corrected chi connectivity index (χ0v) is 13.3. The molecule has 0 spiro atoms. The Morgan fingerprint density at radius 3 is 2.65 bits per heavy atom. The third-order valence-electron chi connectivity index (χ3n) is 3.78. The molecule has 0 saturated carbocycles. The highest BCUT2D eigenvalue weighted by atomic mass is 32.1. The summed E-state index contributed by atoms with van der Waals surface area (Å²) in [6, 6.07) is 20.4. The molecule has 1 aromatic carbocycles. The van der Waals surface area contributed by atoms with Gasteiger partial charge in [0.25, 0.3) is 0 Å². The molecule has 0 saturated heterocycles. The van der Waals surface area contributed by atoms with E-state index in [-0.39, 0.29) is 0 Å². The average Bonchev–Trinajstić information content (AvgIpc) is 3.18. The van der Waals surface area contributed by atoms with Gasteiger partial charge in [0.15, 0.2) is 0 Å². The van der Waals surface area contributed by atoms with Gasteiger partial charge in [-0.1, -0.05) is 30.3 Å². The van der Waals surface area contributed by atoms with Crippen LogP contribution in [-0.2, 0) is 0 Å². The maximum atomic E-state index is 9.12. The number of hydrogen-bond acceptors (Lipinski definition) is 3. The average molecular weight is 315 g/mol. The predicted molar refractivity (Wildman–Crippen MR) is 93.4 cm³/mol. The molecule has 3 aromatic heterocycles. The molecule has 0 N–H and O–H groups in total. The van der Waals surface area contributed by atoms with E-state index < -0.39 is 0 Å². The normalized spacial score (nSPS) is 10.8. The Hall–Kier alpha value is -2.90. The molecule has 110 valence electrons. The Bertz CT molecular complexity index is 1040. The van der Waals surface area contributed by atoms with Crippen molar-refractivity contribution in [1.82, 2.24) is 9.38 Å². The number of aryl methyl sites for hydroxylation is 1. The minimum Gasteiger partial charge on any atom is -0.298 e. The Morgan fingerprint density at radius 1 is 1.09 bits per heavy atom. The summed E-state index contributed by atoms with van der Waals surface area (Å²) in [5.41, 5.74) is 5.17. The maximum Gasteiger partial charge on any atom is 0.138 e. The van der Waals surface area contributed by atoms with Gasteiger partial charge in [-0.15, -0.1) is 11.3 Å². The summed E-state index contributed by atoms with van der Waals surface area (Å²) in [4.78, 5) is 6.60. The summed E-state index contributed by atoms with van der Waals surface area (Å²) in [5, 5.41) is 9.12. The van der Waals surface area contributed by atoms with Crippen molar-refractivity contribution in [3.05, 3.63) is 71.2 Å². The second kappa shape index (κ2) is 5.38. The highest BCUT2D eigenvalue weighted by Gasteiger charge is 2.17. The van der Waals surface area contributed by atoms with Gasteiger partial charge in [-0.25, -0.2) is 4.98 Å². The van der Waals surface area contributed by atoms with Crippen molar-refractivity contribution in [2.45, 2.75) is 6.92 Å². The molecule has 0 atom stereocenters. The van der Waals surface area contributed by atoms with E-state index >= 15 is 0 Å². The minimum atomic E-state index is 0.709. The van der Waals surface area contributed by atoms with Crippen molar-refractivity contribution < 1.29 is 0 Å². The Kier molecular flexibility index (Phi) is 3.22. The molecule has 4 aromatic rings. The van der Waals surface area contributed by atoms with Crippen LogP contribution in [0.25, 0.3) is 27.5 Å². The van der Waals surface area contributed by atoms with Gasteiger partial charge in [0.1, 0.15) is 16.6 Å². The third kappa shape index (κ3) is 2.32. The van der Waals surface area contributed by atoms with Gasteiger partial charge in [-0.3, -0.25) is 4.40 Å². The van der Waals surface area contributed by atoms with Crippen LogP contribution in [0.3, 0.4) is 0 Å². The lowest BCUT2D eigenvalue weighted by Gasteiger charge is -2.03. The van der Waals surface area contributed by atoms with Gasteiger partial charge in [0.05, 0.1) is 16.3 Å². The van der Waals surface area contributed by atoms with Gasteiger partial charge in [0, 0.05) is 11.8 Å². The van der Waals surface area contributed by atoms with E-state index in [1.54, 1.807) is 0 Å².